The number of carbonyl (C=O) groups is 2. The fourth-order valence-corrected chi connectivity index (χ4v) is 3.93. The minimum atomic E-state index is -3.61. The van der Waals surface area contributed by atoms with Gasteiger partial charge in [0, 0.05) is 26.6 Å². The SMILES string of the molecule is CC[C@H](C)NC(=O)c1ccccc1NC(=O)CCc1cc(S(=O)(=O)N(C)C)ccc1OC. The van der Waals surface area contributed by atoms with E-state index in [2.05, 4.69) is 10.6 Å². The molecule has 0 aliphatic carbocycles. The van der Waals surface area contributed by atoms with Gasteiger partial charge in [0.15, 0.2) is 0 Å². The molecule has 2 aromatic carbocycles. The van der Waals surface area contributed by atoms with Crippen LogP contribution < -0.4 is 15.4 Å². The Morgan fingerprint density at radius 2 is 1.81 bits per heavy atom. The van der Waals surface area contributed by atoms with Gasteiger partial charge in [0.1, 0.15) is 5.75 Å². The first-order valence-corrected chi connectivity index (χ1v) is 11.8. The average molecular weight is 462 g/mol. The number of para-hydroxylation sites is 1. The van der Waals surface area contributed by atoms with Crippen molar-refractivity contribution in [3.63, 3.8) is 0 Å². The number of aryl methyl sites for hydroxylation is 1. The first-order chi connectivity index (χ1) is 15.1. The number of hydrogen-bond acceptors (Lipinski definition) is 5. The number of rotatable bonds is 10. The summed E-state index contributed by atoms with van der Waals surface area (Å²) in [7, 11) is 0.805. The Hall–Kier alpha value is -2.91. The van der Waals surface area contributed by atoms with Crippen LogP contribution in [-0.4, -0.2) is 51.8 Å². The molecule has 0 unspecified atom stereocenters. The van der Waals surface area contributed by atoms with Gasteiger partial charge in [-0.05, 0) is 55.7 Å². The second kappa shape index (κ2) is 11.1. The molecule has 0 aliphatic heterocycles. The maximum atomic E-state index is 12.6. The molecule has 2 amide bonds. The van der Waals surface area contributed by atoms with E-state index in [1.165, 1.54) is 33.3 Å². The molecule has 2 rings (SSSR count). The lowest BCUT2D eigenvalue weighted by Gasteiger charge is -2.16. The van der Waals surface area contributed by atoms with Crippen LogP contribution in [0.3, 0.4) is 0 Å². The smallest absolute Gasteiger partial charge is 0.253 e. The summed E-state index contributed by atoms with van der Waals surface area (Å²) in [6.45, 7) is 3.89. The molecule has 2 aromatic rings. The maximum absolute atomic E-state index is 12.6. The third kappa shape index (κ3) is 6.30. The quantitative estimate of drug-likeness (QED) is 0.566. The Morgan fingerprint density at radius 1 is 1.12 bits per heavy atom. The molecule has 0 bridgehead atoms. The fourth-order valence-electron chi connectivity index (χ4n) is 2.98. The van der Waals surface area contributed by atoms with Crippen molar-refractivity contribution in [3.8, 4) is 5.75 Å². The number of anilines is 1. The summed E-state index contributed by atoms with van der Waals surface area (Å²) in [6, 6.07) is 11.4. The number of nitrogens with one attached hydrogen (secondary N) is 2. The molecular formula is C23H31N3O5S. The van der Waals surface area contributed by atoms with Gasteiger partial charge in [-0.3, -0.25) is 9.59 Å². The highest BCUT2D eigenvalue weighted by atomic mass is 32.2. The predicted molar refractivity (Wildman–Crippen MR) is 124 cm³/mol. The third-order valence-corrected chi connectivity index (χ3v) is 6.90. The Morgan fingerprint density at radius 3 is 2.44 bits per heavy atom. The molecule has 0 fully saturated rings. The van der Waals surface area contributed by atoms with E-state index in [1.54, 1.807) is 30.3 Å². The van der Waals surface area contributed by atoms with Gasteiger partial charge in [-0.25, -0.2) is 12.7 Å². The van der Waals surface area contributed by atoms with Gasteiger partial charge in [0.05, 0.1) is 23.3 Å². The molecule has 0 heterocycles. The molecule has 2 N–H and O–H groups in total. The Labute approximate surface area is 190 Å². The number of sulfonamides is 1. The summed E-state index contributed by atoms with van der Waals surface area (Å²) in [6.07, 6.45) is 1.15. The predicted octanol–water partition coefficient (Wildman–Crippen LogP) is 3.05. The van der Waals surface area contributed by atoms with Crippen LogP contribution in [-0.2, 0) is 21.2 Å². The van der Waals surface area contributed by atoms with Crippen molar-refractivity contribution in [2.24, 2.45) is 0 Å². The van der Waals surface area contributed by atoms with Crippen LogP contribution in [0.2, 0.25) is 0 Å². The molecule has 0 radical (unpaired) electrons. The highest BCUT2D eigenvalue weighted by Gasteiger charge is 2.20. The van der Waals surface area contributed by atoms with E-state index in [0.29, 0.717) is 22.6 Å². The summed E-state index contributed by atoms with van der Waals surface area (Å²) in [5.41, 5.74) is 1.42. The second-order valence-electron chi connectivity index (χ2n) is 7.64. The van der Waals surface area contributed by atoms with E-state index < -0.39 is 10.0 Å². The van der Waals surface area contributed by atoms with E-state index in [4.69, 9.17) is 4.74 Å². The fraction of sp³-hybridized carbons (Fsp3) is 0.391. The number of hydrogen-bond donors (Lipinski definition) is 2. The number of nitrogens with zero attached hydrogens (tertiary/aromatic N) is 1. The molecule has 9 heteroatoms. The normalized spacial score (nSPS) is 12.3. The molecule has 0 saturated carbocycles. The van der Waals surface area contributed by atoms with E-state index in [9.17, 15) is 18.0 Å². The highest BCUT2D eigenvalue weighted by molar-refractivity contribution is 7.89. The van der Waals surface area contributed by atoms with Gasteiger partial charge < -0.3 is 15.4 Å². The molecule has 0 aliphatic rings. The van der Waals surface area contributed by atoms with Crippen LogP contribution in [0.15, 0.2) is 47.4 Å². The maximum Gasteiger partial charge on any atom is 0.253 e. The van der Waals surface area contributed by atoms with Crippen molar-refractivity contribution in [1.82, 2.24) is 9.62 Å². The van der Waals surface area contributed by atoms with Gasteiger partial charge in [0.25, 0.3) is 5.91 Å². The number of methoxy groups -OCH3 is 1. The summed E-state index contributed by atoms with van der Waals surface area (Å²) in [5, 5.41) is 5.68. The molecule has 1 atom stereocenters. The van der Waals surface area contributed by atoms with Crippen molar-refractivity contribution in [3.05, 3.63) is 53.6 Å². The van der Waals surface area contributed by atoms with Crippen molar-refractivity contribution < 1.29 is 22.7 Å². The lowest BCUT2D eigenvalue weighted by atomic mass is 10.1. The van der Waals surface area contributed by atoms with Crippen LogP contribution in [0.25, 0.3) is 0 Å². The van der Waals surface area contributed by atoms with Crippen LogP contribution in [0.1, 0.15) is 42.6 Å². The lowest BCUT2D eigenvalue weighted by molar-refractivity contribution is -0.116. The van der Waals surface area contributed by atoms with Crippen molar-refractivity contribution in [2.45, 2.75) is 44.0 Å². The number of carbonyl (C=O) groups excluding carboxylic acids is 2. The molecule has 0 saturated heterocycles. The van der Waals surface area contributed by atoms with Crippen molar-refractivity contribution >= 4 is 27.5 Å². The van der Waals surface area contributed by atoms with E-state index in [-0.39, 0.29) is 35.6 Å². The van der Waals surface area contributed by atoms with Crippen molar-refractivity contribution in [1.29, 1.82) is 0 Å². The topological polar surface area (TPSA) is 105 Å². The Balaban J connectivity index is 2.15. The number of ether oxygens (including phenoxy) is 1. The van der Waals surface area contributed by atoms with E-state index >= 15 is 0 Å². The van der Waals surface area contributed by atoms with Gasteiger partial charge in [0.2, 0.25) is 15.9 Å². The largest absolute Gasteiger partial charge is 0.496 e. The van der Waals surface area contributed by atoms with E-state index in [1.807, 2.05) is 13.8 Å². The van der Waals surface area contributed by atoms with Crippen LogP contribution in [0.4, 0.5) is 5.69 Å². The zero-order chi connectivity index (χ0) is 23.9. The minimum Gasteiger partial charge on any atom is -0.496 e. The molecule has 0 aromatic heterocycles. The summed E-state index contributed by atoms with van der Waals surface area (Å²) < 4.78 is 31.3. The molecule has 174 valence electrons. The minimum absolute atomic E-state index is 0.0180. The summed E-state index contributed by atoms with van der Waals surface area (Å²) >= 11 is 0. The molecular weight excluding hydrogens is 430 g/mol. The number of amides is 2. The highest BCUT2D eigenvalue weighted by Crippen LogP contribution is 2.25. The molecule has 0 spiro atoms. The monoisotopic (exact) mass is 461 g/mol. The Kier molecular flexibility index (Phi) is 8.80. The second-order valence-corrected chi connectivity index (χ2v) is 9.79. The first kappa shape index (κ1) is 25.4. The lowest BCUT2D eigenvalue weighted by Crippen LogP contribution is -2.32. The van der Waals surface area contributed by atoms with Crippen LogP contribution in [0, 0.1) is 0 Å². The zero-order valence-corrected chi connectivity index (χ0v) is 20.0. The van der Waals surface area contributed by atoms with E-state index in [0.717, 1.165) is 10.7 Å². The van der Waals surface area contributed by atoms with Gasteiger partial charge in [-0.15, -0.1) is 0 Å². The third-order valence-electron chi connectivity index (χ3n) is 5.09. The molecule has 8 nitrogen and oxygen atoms in total. The summed E-state index contributed by atoms with van der Waals surface area (Å²) in [5.74, 6) is -0.0425. The molecule has 32 heavy (non-hydrogen) atoms. The zero-order valence-electron chi connectivity index (χ0n) is 19.1. The van der Waals surface area contributed by atoms with Gasteiger partial charge >= 0.3 is 0 Å². The van der Waals surface area contributed by atoms with Crippen LogP contribution in [0.5, 0.6) is 5.75 Å². The van der Waals surface area contributed by atoms with Crippen LogP contribution >= 0.6 is 0 Å². The van der Waals surface area contributed by atoms with Gasteiger partial charge in [-0.1, -0.05) is 19.1 Å². The van der Waals surface area contributed by atoms with Crippen molar-refractivity contribution in [2.75, 3.05) is 26.5 Å². The standard InChI is InChI=1S/C23H31N3O5S/c1-6-16(2)24-23(28)19-9-7-8-10-20(19)25-22(27)14-11-17-15-18(12-13-21(17)31-5)32(29,30)26(3)4/h7-10,12-13,15-16H,6,11,14H2,1-5H3,(H,24,28)(H,25,27)/t16-/m0/s1. The first-order valence-electron chi connectivity index (χ1n) is 10.4. The summed E-state index contributed by atoms with van der Waals surface area (Å²) in [4.78, 5) is 25.3. The van der Waals surface area contributed by atoms with Gasteiger partial charge in [-0.2, -0.15) is 0 Å². The Bertz CT molecular complexity index is 1070. The number of benzene rings is 2. The average Bonchev–Trinajstić information content (AvgIpc) is 2.77.